The summed E-state index contributed by atoms with van der Waals surface area (Å²) >= 11 is 12.3. The molecule has 0 spiro atoms. The van der Waals surface area contributed by atoms with E-state index in [0.29, 0.717) is 22.6 Å². The molecular weight excluding hydrogens is 480 g/mol. The number of nitrogens with zero attached hydrogens (tertiary/aromatic N) is 1. The van der Waals surface area contributed by atoms with E-state index in [9.17, 15) is 4.79 Å². The topological polar surface area (TPSA) is 81.3 Å². The lowest BCUT2D eigenvalue weighted by Crippen LogP contribution is -2.37. The maximum absolute atomic E-state index is 12.7. The number of thiocarbonyl (C=S) groups is 1. The van der Waals surface area contributed by atoms with E-state index in [4.69, 9.17) is 34.3 Å². The van der Waals surface area contributed by atoms with Crippen LogP contribution < -0.4 is 16.4 Å². The van der Waals surface area contributed by atoms with E-state index in [1.807, 2.05) is 24.3 Å². The molecule has 35 heavy (non-hydrogen) atoms. The van der Waals surface area contributed by atoms with Crippen molar-refractivity contribution in [1.82, 2.24) is 15.2 Å². The van der Waals surface area contributed by atoms with Gasteiger partial charge in [0.1, 0.15) is 4.99 Å². The van der Waals surface area contributed by atoms with Gasteiger partial charge in [-0.05, 0) is 56.0 Å². The maximum Gasteiger partial charge on any atom is 0.223 e. The molecule has 2 aliphatic heterocycles. The molecule has 2 aliphatic rings. The van der Waals surface area contributed by atoms with Crippen molar-refractivity contribution >= 4 is 45.6 Å². The Balaban J connectivity index is 1.52. The van der Waals surface area contributed by atoms with E-state index >= 15 is 0 Å². The van der Waals surface area contributed by atoms with E-state index in [1.54, 1.807) is 0 Å². The van der Waals surface area contributed by atoms with Crippen LogP contribution in [-0.2, 0) is 16.1 Å². The van der Waals surface area contributed by atoms with E-state index in [2.05, 4.69) is 33.5 Å². The number of hydrogen-bond acceptors (Lipinski definition) is 4. The smallest absolute Gasteiger partial charge is 0.223 e. The van der Waals surface area contributed by atoms with Crippen molar-refractivity contribution in [1.29, 1.82) is 0 Å². The number of amides is 1. The Kier molecular flexibility index (Phi) is 7.39. The highest BCUT2D eigenvalue weighted by Crippen LogP contribution is 2.40. The summed E-state index contributed by atoms with van der Waals surface area (Å²) in [7, 11) is 0. The van der Waals surface area contributed by atoms with E-state index < -0.39 is 0 Å². The first-order valence-electron chi connectivity index (χ1n) is 12.3. The molecule has 4 N–H and O–H groups in total. The van der Waals surface area contributed by atoms with Crippen LogP contribution in [0, 0.1) is 5.92 Å². The van der Waals surface area contributed by atoms with Crippen LogP contribution in [0.3, 0.4) is 0 Å². The summed E-state index contributed by atoms with van der Waals surface area (Å²) in [6, 6.07) is 12.5. The molecule has 5 rings (SSSR count). The maximum atomic E-state index is 12.7. The Morgan fingerprint density at radius 2 is 1.94 bits per heavy atom. The number of halogens is 1. The van der Waals surface area contributed by atoms with Gasteiger partial charge >= 0.3 is 0 Å². The molecule has 184 valence electrons. The minimum Gasteiger partial charge on any atom is -0.389 e. The summed E-state index contributed by atoms with van der Waals surface area (Å²) in [5.41, 5.74) is 10.8. The number of nitrogens with two attached hydrogens (primary N) is 1. The van der Waals surface area contributed by atoms with Crippen LogP contribution in [0.1, 0.15) is 42.9 Å². The molecule has 0 saturated carbocycles. The largest absolute Gasteiger partial charge is 0.389 e. The van der Waals surface area contributed by atoms with Crippen LogP contribution in [0.2, 0.25) is 5.02 Å². The molecule has 0 bridgehead atoms. The highest BCUT2D eigenvalue weighted by Gasteiger charge is 2.24. The standard InChI is InChI=1S/C27H31ClN4O2S/c28-24-20(15-31-27(33)17-6-10-30-11-7-17)4-5-22-23(18-2-1-3-19(14-18)26(29)35)16-32(25(22)24)21-8-12-34-13-9-21/h1-5,14,16-17,21,30H,6-13,15H2,(H2,29,35)(H,31,33). The van der Waals surface area contributed by atoms with E-state index in [-0.39, 0.29) is 11.8 Å². The second-order valence-electron chi connectivity index (χ2n) is 9.42. The molecule has 0 aliphatic carbocycles. The number of benzene rings is 2. The fourth-order valence-corrected chi connectivity index (χ4v) is 5.67. The Hall–Kier alpha value is -2.45. The van der Waals surface area contributed by atoms with Gasteiger partial charge in [0.2, 0.25) is 5.91 Å². The monoisotopic (exact) mass is 510 g/mol. The molecule has 3 aromatic rings. The lowest BCUT2D eigenvalue weighted by Gasteiger charge is -2.25. The lowest BCUT2D eigenvalue weighted by molar-refractivity contribution is -0.125. The van der Waals surface area contributed by atoms with E-state index in [0.717, 1.165) is 85.1 Å². The molecule has 8 heteroatoms. The average Bonchev–Trinajstić information content (AvgIpc) is 3.30. The van der Waals surface area contributed by atoms with Gasteiger partial charge in [-0.15, -0.1) is 0 Å². The fourth-order valence-electron chi connectivity index (χ4n) is 5.22. The number of fused-ring (bicyclic) bond motifs is 1. The van der Waals surface area contributed by atoms with Gasteiger partial charge in [-0.25, -0.2) is 0 Å². The summed E-state index contributed by atoms with van der Waals surface area (Å²) in [6.07, 6.45) is 5.81. The zero-order chi connectivity index (χ0) is 24.4. The van der Waals surface area contributed by atoms with Gasteiger partial charge in [0.25, 0.3) is 0 Å². The van der Waals surface area contributed by atoms with Crippen molar-refractivity contribution in [3.8, 4) is 11.1 Å². The lowest BCUT2D eigenvalue weighted by atomic mass is 9.97. The quantitative estimate of drug-likeness (QED) is 0.423. The predicted octanol–water partition coefficient (Wildman–Crippen LogP) is 4.56. The zero-order valence-corrected chi connectivity index (χ0v) is 21.3. The second kappa shape index (κ2) is 10.7. The first-order valence-corrected chi connectivity index (χ1v) is 13.1. The van der Waals surface area contributed by atoms with Crippen LogP contribution in [0.5, 0.6) is 0 Å². The van der Waals surface area contributed by atoms with Gasteiger partial charge in [0, 0.05) is 54.4 Å². The summed E-state index contributed by atoms with van der Waals surface area (Å²) in [4.78, 5) is 13.1. The summed E-state index contributed by atoms with van der Waals surface area (Å²) in [5, 5.41) is 8.20. The molecule has 2 saturated heterocycles. The van der Waals surface area contributed by atoms with Gasteiger partial charge in [-0.1, -0.05) is 54.2 Å². The van der Waals surface area contributed by atoms with Crippen molar-refractivity contribution in [2.24, 2.45) is 11.7 Å². The van der Waals surface area contributed by atoms with Crippen molar-refractivity contribution in [2.75, 3.05) is 26.3 Å². The molecule has 1 amide bonds. The first-order chi connectivity index (χ1) is 17.0. The molecule has 6 nitrogen and oxygen atoms in total. The minimum absolute atomic E-state index is 0.0670. The molecule has 0 atom stereocenters. The molecule has 1 aromatic heterocycles. The highest BCUT2D eigenvalue weighted by molar-refractivity contribution is 7.80. The Morgan fingerprint density at radius 3 is 2.69 bits per heavy atom. The van der Waals surface area contributed by atoms with E-state index in [1.165, 1.54) is 0 Å². The third kappa shape index (κ3) is 5.09. The van der Waals surface area contributed by atoms with Crippen LogP contribution in [0.25, 0.3) is 22.0 Å². The van der Waals surface area contributed by atoms with Crippen molar-refractivity contribution in [3.05, 3.63) is 58.7 Å². The second-order valence-corrected chi connectivity index (χ2v) is 10.2. The van der Waals surface area contributed by atoms with Gasteiger partial charge < -0.3 is 25.7 Å². The van der Waals surface area contributed by atoms with Crippen LogP contribution in [0.15, 0.2) is 42.6 Å². The highest BCUT2D eigenvalue weighted by atomic mass is 35.5. The number of nitrogens with one attached hydrogen (secondary N) is 2. The van der Waals surface area contributed by atoms with Gasteiger partial charge in [0.05, 0.1) is 10.5 Å². The summed E-state index contributed by atoms with van der Waals surface area (Å²) in [6.45, 7) is 3.67. The number of hydrogen-bond donors (Lipinski definition) is 3. The van der Waals surface area contributed by atoms with Gasteiger partial charge in [-0.2, -0.15) is 0 Å². The average molecular weight is 511 g/mol. The predicted molar refractivity (Wildman–Crippen MR) is 145 cm³/mol. The van der Waals surface area contributed by atoms with Crippen LogP contribution in [0.4, 0.5) is 0 Å². The normalized spacial score (nSPS) is 17.5. The number of aromatic nitrogens is 1. The zero-order valence-electron chi connectivity index (χ0n) is 19.7. The molecular formula is C27H31ClN4O2S. The Labute approximate surface area is 216 Å². The number of ether oxygens (including phenoxy) is 1. The third-order valence-electron chi connectivity index (χ3n) is 7.22. The van der Waals surface area contributed by atoms with Crippen molar-refractivity contribution < 1.29 is 9.53 Å². The van der Waals surface area contributed by atoms with Gasteiger partial charge in [-0.3, -0.25) is 4.79 Å². The number of piperidine rings is 1. The SMILES string of the molecule is NC(=S)c1cccc(-c2cn(C3CCOCC3)c3c(Cl)c(CNC(=O)C4CCNCC4)ccc23)c1. The fraction of sp³-hybridized carbons (Fsp3) is 0.407. The van der Waals surface area contributed by atoms with Crippen molar-refractivity contribution in [3.63, 3.8) is 0 Å². The Morgan fingerprint density at radius 1 is 1.17 bits per heavy atom. The van der Waals surface area contributed by atoms with Crippen LogP contribution >= 0.6 is 23.8 Å². The van der Waals surface area contributed by atoms with Crippen molar-refractivity contribution in [2.45, 2.75) is 38.3 Å². The molecule has 0 unspecified atom stereocenters. The number of carbonyl (C=O) groups excluding carboxylic acids is 1. The molecule has 2 fully saturated rings. The number of carbonyl (C=O) groups is 1. The summed E-state index contributed by atoms with van der Waals surface area (Å²) < 4.78 is 7.92. The number of rotatable bonds is 6. The molecule has 2 aromatic carbocycles. The Bertz CT molecular complexity index is 1250. The van der Waals surface area contributed by atoms with Gasteiger partial charge in [0.15, 0.2) is 0 Å². The summed E-state index contributed by atoms with van der Waals surface area (Å²) in [5.74, 6) is 0.176. The first kappa shape index (κ1) is 24.3. The third-order valence-corrected chi connectivity index (χ3v) is 7.88. The minimum atomic E-state index is 0.0670. The van der Waals surface area contributed by atoms with Crippen LogP contribution in [-0.4, -0.2) is 41.8 Å². The molecule has 0 radical (unpaired) electrons. The molecule has 3 heterocycles.